The quantitative estimate of drug-likeness (QED) is 0.675. The van der Waals surface area contributed by atoms with Crippen LogP contribution in [0.25, 0.3) is 0 Å². The van der Waals surface area contributed by atoms with Crippen LogP contribution in [0.3, 0.4) is 0 Å². The molecule has 0 aliphatic heterocycles. The second kappa shape index (κ2) is 7.84. The summed E-state index contributed by atoms with van der Waals surface area (Å²) in [7, 11) is 0. The van der Waals surface area contributed by atoms with Crippen molar-refractivity contribution in [3.05, 3.63) is 11.9 Å². The third-order valence-electron chi connectivity index (χ3n) is 2.34. The van der Waals surface area contributed by atoms with Crippen molar-refractivity contribution < 1.29 is 9.84 Å². The Kier molecular flexibility index (Phi) is 6.32. The highest BCUT2D eigenvalue weighted by Crippen LogP contribution is 2.22. The van der Waals surface area contributed by atoms with E-state index in [-0.39, 0.29) is 6.61 Å². The Labute approximate surface area is 102 Å². The highest BCUT2D eigenvalue weighted by molar-refractivity contribution is 5.48. The molecule has 0 radical (unpaired) electrons. The molecule has 0 aliphatic rings. The molecule has 2 N–H and O–H groups in total. The second-order valence-corrected chi connectivity index (χ2v) is 3.71. The lowest BCUT2D eigenvalue weighted by atomic mass is 10.2. The zero-order chi connectivity index (χ0) is 12.5. The molecule has 0 spiro atoms. The number of aliphatic hydroxyl groups is 1. The Bertz CT molecular complexity index is 332. The summed E-state index contributed by atoms with van der Waals surface area (Å²) in [6.45, 7) is 5.66. The number of nitrogens with zero attached hydrogens (tertiary/aromatic N) is 2. The van der Waals surface area contributed by atoms with Crippen molar-refractivity contribution in [3.63, 3.8) is 0 Å². The summed E-state index contributed by atoms with van der Waals surface area (Å²) >= 11 is 0. The molecule has 0 atom stereocenters. The molecule has 0 fully saturated rings. The van der Waals surface area contributed by atoms with Crippen molar-refractivity contribution in [1.82, 2.24) is 9.97 Å². The molecule has 5 heteroatoms. The molecule has 0 bridgehead atoms. The minimum Gasteiger partial charge on any atom is -0.477 e. The first-order valence-electron chi connectivity index (χ1n) is 6.14. The van der Waals surface area contributed by atoms with Gasteiger partial charge in [0.15, 0.2) is 0 Å². The maximum Gasteiger partial charge on any atom is 0.221 e. The lowest BCUT2D eigenvalue weighted by Crippen LogP contribution is -2.09. The Hall–Kier alpha value is -1.36. The van der Waals surface area contributed by atoms with Crippen molar-refractivity contribution >= 4 is 5.82 Å². The van der Waals surface area contributed by atoms with E-state index in [1.807, 2.05) is 0 Å². The van der Waals surface area contributed by atoms with Crippen LogP contribution in [0.5, 0.6) is 5.88 Å². The number of rotatable bonds is 8. The van der Waals surface area contributed by atoms with Gasteiger partial charge in [0.25, 0.3) is 0 Å². The van der Waals surface area contributed by atoms with Crippen LogP contribution in [0.4, 0.5) is 5.82 Å². The van der Waals surface area contributed by atoms with Crippen LogP contribution in [0, 0.1) is 0 Å². The van der Waals surface area contributed by atoms with Crippen LogP contribution in [-0.2, 0) is 6.42 Å². The molecule has 1 aromatic rings. The fourth-order valence-corrected chi connectivity index (χ4v) is 1.47. The summed E-state index contributed by atoms with van der Waals surface area (Å²) in [4.78, 5) is 8.36. The van der Waals surface area contributed by atoms with E-state index in [4.69, 9.17) is 9.84 Å². The molecule has 1 rings (SSSR count). The molecule has 0 aromatic carbocycles. The maximum atomic E-state index is 8.72. The van der Waals surface area contributed by atoms with E-state index in [2.05, 4.69) is 29.1 Å². The zero-order valence-corrected chi connectivity index (χ0v) is 10.6. The van der Waals surface area contributed by atoms with Crippen LogP contribution in [0.2, 0.25) is 0 Å². The first-order valence-corrected chi connectivity index (χ1v) is 6.14. The Morgan fingerprint density at radius 3 is 2.82 bits per heavy atom. The van der Waals surface area contributed by atoms with Gasteiger partial charge in [-0.2, -0.15) is 0 Å². The highest BCUT2D eigenvalue weighted by atomic mass is 16.5. The normalized spacial score (nSPS) is 10.3. The zero-order valence-electron chi connectivity index (χ0n) is 10.6. The fourth-order valence-electron chi connectivity index (χ4n) is 1.47. The van der Waals surface area contributed by atoms with E-state index in [1.54, 1.807) is 0 Å². The highest BCUT2D eigenvalue weighted by Gasteiger charge is 2.10. The molecule has 1 heterocycles. The molecule has 0 aliphatic carbocycles. The van der Waals surface area contributed by atoms with E-state index < -0.39 is 0 Å². The molecule has 5 nitrogen and oxygen atoms in total. The van der Waals surface area contributed by atoms with Gasteiger partial charge in [-0.25, -0.2) is 9.97 Å². The lowest BCUT2D eigenvalue weighted by Gasteiger charge is -2.13. The molecular weight excluding hydrogens is 218 g/mol. The summed E-state index contributed by atoms with van der Waals surface area (Å²) in [6.07, 6.45) is 3.99. The predicted octanol–water partition coefficient (Wildman–Crippen LogP) is 1.62. The summed E-state index contributed by atoms with van der Waals surface area (Å²) < 4.78 is 5.54. The summed E-state index contributed by atoms with van der Waals surface area (Å²) in [5.41, 5.74) is 0.999. The van der Waals surface area contributed by atoms with E-state index in [0.29, 0.717) is 18.9 Å². The monoisotopic (exact) mass is 239 g/mol. The van der Waals surface area contributed by atoms with E-state index in [1.165, 1.54) is 6.33 Å². The van der Waals surface area contributed by atoms with Crippen LogP contribution in [0.1, 0.15) is 32.3 Å². The molecule has 96 valence electrons. The number of anilines is 1. The van der Waals surface area contributed by atoms with Crippen molar-refractivity contribution in [2.75, 3.05) is 25.1 Å². The van der Waals surface area contributed by atoms with E-state index in [0.717, 1.165) is 30.8 Å². The number of hydrogen-bond acceptors (Lipinski definition) is 5. The summed E-state index contributed by atoms with van der Waals surface area (Å²) in [5, 5.41) is 12.0. The Morgan fingerprint density at radius 2 is 2.18 bits per heavy atom. The van der Waals surface area contributed by atoms with Gasteiger partial charge in [-0.3, -0.25) is 0 Å². The first kappa shape index (κ1) is 13.7. The maximum absolute atomic E-state index is 8.72. The average molecular weight is 239 g/mol. The van der Waals surface area contributed by atoms with E-state index in [9.17, 15) is 0 Å². The van der Waals surface area contributed by atoms with Gasteiger partial charge in [-0.15, -0.1) is 0 Å². The fraction of sp³-hybridized carbons (Fsp3) is 0.667. The second-order valence-electron chi connectivity index (χ2n) is 3.71. The van der Waals surface area contributed by atoms with Gasteiger partial charge in [0, 0.05) is 19.6 Å². The third-order valence-corrected chi connectivity index (χ3v) is 2.34. The van der Waals surface area contributed by atoms with Crippen LogP contribution in [-0.4, -0.2) is 34.8 Å². The predicted molar refractivity (Wildman–Crippen MR) is 67.4 cm³/mol. The minimum absolute atomic E-state index is 0.132. The third kappa shape index (κ3) is 4.19. The van der Waals surface area contributed by atoms with E-state index >= 15 is 0 Å². The molecule has 17 heavy (non-hydrogen) atoms. The van der Waals surface area contributed by atoms with Crippen molar-refractivity contribution in [2.45, 2.75) is 33.1 Å². The average Bonchev–Trinajstić information content (AvgIpc) is 2.36. The molecule has 0 saturated heterocycles. The number of hydrogen-bond donors (Lipinski definition) is 2. The molecule has 0 unspecified atom stereocenters. The van der Waals surface area contributed by atoms with Gasteiger partial charge in [-0.1, -0.05) is 13.8 Å². The van der Waals surface area contributed by atoms with Crippen LogP contribution >= 0.6 is 0 Å². The molecule has 0 amide bonds. The van der Waals surface area contributed by atoms with Crippen molar-refractivity contribution in [3.8, 4) is 5.88 Å². The standard InChI is InChI=1S/C12H21N3O2/c1-3-6-13-11-10(4-2)12(15-9-14-11)17-8-5-7-16/h9,16H,3-8H2,1-2H3,(H,13,14,15). The molecule has 0 saturated carbocycles. The Morgan fingerprint density at radius 1 is 1.35 bits per heavy atom. The summed E-state index contributed by atoms with van der Waals surface area (Å²) in [6, 6.07) is 0. The summed E-state index contributed by atoms with van der Waals surface area (Å²) in [5.74, 6) is 1.47. The Balaban J connectivity index is 2.74. The van der Waals surface area contributed by atoms with Crippen LogP contribution in [0.15, 0.2) is 6.33 Å². The SMILES string of the molecule is CCCNc1ncnc(OCCCO)c1CC. The van der Waals surface area contributed by atoms with Gasteiger partial charge in [0.2, 0.25) is 5.88 Å². The van der Waals surface area contributed by atoms with Gasteiger partial charge in [0.05, 0.1) is 12.2 Å². The number of ether oxygens (including phenoxy) is 1. The van der Waals surface area contributed by atoms with Gasteiger partial charge in [-0.05, 0) is 12.8 Å². The number of aliphatic hydroxyl groups excluding tert-OH is 1. The van der Waals surface area contributed by atoms with Gasteiger partial charge < -0.3 is 15.2 Å². The molecule has 1 aromatic heterocycles. The first-order chi connectivity index (χ1) is 8.33. The van der Waals surface area contributed by atoms with Gasteiger partial charge >= 0.3 is 0 Å². The van der Waals surface area contributed by atoms with Gasteiger partial charge in [0.1, 0.15) is 12.1 Å². The number of aromatic nitrogens is 2. The van der Waals surface area contributed by atoms with Crippen molar-refractivity contribution in [2.24, 2.45) is 0 Å². The smallest absolute Gasteiger partial charge is 0.221 e. The lowest BCUT2D eigenvalue weighted by molar-refractivity contribution is 0.228. The molecular formula is C12H21N3O2. The largest absolute Gasteiger partial charge is 0.477 e. The number of nitrogens with one attached hydrogen (secondary N) is 1. The van der Waals surface area contributed by atoms with Crippen LogP contribution < -0.4 is 10.1 Å². The topological polar surface area (TPSA) is 67.3 Å². The van der Waals surface area contributed by atoms with Crippen molar-refractivity contribution in [1.29, 1.82) is 0 Å². The minimum atomic E-state index is 0.132.